The van der Waals surface area contributed by atoms with Crippen LogP contribution in [0.4, 0.5) is 5.82 Å². The number of halogens is 3. The fourth-order valence-electron chi connectivity index (χ4n) is 2.43. The molecule has 0 atom stereocenters. The molecule has 0 saturated carbocycles. The van der Waals surface area contributed by atoms with E-state index >= 15 is 0 Å². The molecule has 1 saturated heterocycles. The topological polar surface area (TPSA) is 58.1 Å². The standard InChI is InChI=1S/C9H9Cl2NO.C8H10ClN3/c10-8-2-1-7(9(11)5-8)3-4-12-6-13;9-7-5-8(11-6-10-7)12-3-1-2-4-12/h1-2,5-6H,3-4H2,(H,12,13);5-6H,1-4H2. The lowest BCUT2D eigenvalue weighted by atomic mass is 10.1. The number of nitrogens with one attached hydrogen (secondary N) is 1. The fraction of sp³-hybridized carbons (Fsp3) is 0.353. The molecule has 0 bridgehead atoms. The number of carbonyl (C=O) groups excluding carboxylic acids is 1. The Balaban J connectivity index is 0.000000181. The number of rotatable bonds is 5. The Morgan fingerprint density at radius 2 is 1.88 bits per heavy atom. The van der Waals surface area contributed by atoms with Gasteiger partial charge in [0.05, 0.1) is 0 Å². The lowest BCUT2D eigenvalue weighted by Gasteiger charge is -2.15. The summed E-state index contributed by atoms with van der Waals surface area (Å²) < 4.78 is 0. The van der Waals surface area contributed by atoms with Gasteiger partial charge in [-0.1, -0.05) is 40.9 Å². The van der Waals surface area contributed by atoms with E-state index in [4.69, 9.17) is 34.8 Å². The SMILES string of the molecule is Clc1cc(N2CCCC2)ncn1.O=CNCCc1ccc(Cl)cc1Cl. The second-order valence-corrected chi connectivity index (χ2v) is 6.68. The van der Waals surface area contributed by atoms with Gasteiger partial charge in [-0.3, -0.25) is 4.79 Å². The molecule has 25 heavy (non-hydrogen) atoms. The predicted molar refractivity (Wildman–Crippen MR) is 103 cm³/mol. The molecule has 0 radical (unpaired) electrons. The molecule has 1 aromatic carbocycles. The maximum atomic E-state index is 9.97. The number of nitrogens with zero attached hydrogens (tertiary/aromatic N) is 3. The molecular formula is C17H19Cl3N4O. The van der Waals surface area contributed by atoms with E-state index in [1.807, 2.05) is 12.1 Å². The number of hydrogen-bond acceptors (Lipinski definition) is 4. The Bertz CT molecular complexity index is 693. The van der Waals surface area contributed by atoms with Crippen molar-refractivity contribution in [3.63, 3.8) is 0 Å². The third-order valence-electron chi connectivity index (χ3n) is 3.69. The molecule has 5 nitrogen and oxygen atoms in total. The highest BCUT2D eigenvalue weighted by Crippen LogP contribution is 2.21. The fourth-order valence-corrected chi connectivity index (χ4v) is 3.08. The zero-order valence-electron chi connectivity index (χ0n) is 13.6. The normalized spacial score (nSPS) is 13.2. The van der Waals surface area contributed by atoms with Gasteiger partial charge >= 0.3 is 0 Å². The molecule has 0 spiro atoms. The van der Waals surface area contributed by atoms with Crippen LogP contribution in [0.25, 0.3) is 0 Å². The van der Waals surface area contributed by atoms with Crippen LogP contribution in [0.1, 0.15) is 18.4 Å². The van der Waals surface area contributed by atoms with E-state index in [9.17, 15) is 4.79 Å². The van der Waals surface area contributed by atoms with E-state index in [0.29, 0.717) is 28.2 Å². The van der Waals surface area contributed by atoms with Crippen LogP contribution in [0.5, 0.6) is 0 Å². The van der Waals surface area contributed by atoms with Crippen molar-refractivity contribution in [3.05, 3.63) is 51.4 Å². The molecule has 3 rings (SSSR count). The van der Waals surface area contributed by atoms with Crippen molar-refractivity contribution < 1.29 is 4.79 Å². The lowest BCUT2D eigenvalue weighted by molar-refractivity contribution is -0.109. The summed E-state index contributed by atoms with van der Waals surface area (Å²) in [7, 11) is 0. The molecule has 1 N–H and O–H groups in total. The van der Waals surface area contributed by atoms with Crippen LogP contribution in [0.2, 0.25) is 15.2 Å². The van der Waals surface area contributed by atoms with Gasteiger partial charge in [0.25, 0.3) is 0 Å². The monoisotopic (exact) mass is 400 g/mol. The molecular weight excluding hydrogens is 383 g/mol. The van der Waals surface area contributed by atoms with E-state index in [-0.39, 0.29) is 0 Å². The summed E-state index contributed by atoms with van der Waals surface area (Å²) in [5, 5.41) is 4.35. The van der Waals surface area contributed by atoms with Crippen LogP contribution in [0.3, 0.4) is 0 Å². The van der Waals surface area contributed by atoms with Crippen LogP contribution in [0.15, 0.2) is 30.6 Å². The third kappa shape index (κ3) is 6.69. The van der Waals surface area contributed by atoms with Crippen LogP contribution < -0.4 is 10.2 Å². The second-order valence-electron chi connectivity index (χ2n) is 5.45. The number of benzene rings is 1. The van der Waals surface area contributed by atoms with Crippen molar-refractivity contribution in [2.45, 2.75) is 19.3 Å². The molecule has 1 amide bonds. The summed E-state index contributed by atoms with van der Waals surface area (Å²) in [5.41, 5.74) is 0.986. The maximum Gasteiger partial charge on any atom is 0.207 e. The van der Waals surface area contributed by atoms with E-state index in [1.54, 1.807) is 12.1 Å². The summed E-state index contributed by atoms with van der Waals surface area (Å²) in [6, 6.07) is 7.15. The largest absolute Gasteiger partial charge is 0.358 e. The van der Waals surface area contributed by atoms with Gasteiger partial charge in [0.15, 0.2) is 0 Å². The molecule has 2 heterocycles. The first kappa shape index (κ1) is 19.8. The van der Waals surface area contributed by atoms with E-state index in [0.717, 1.165) is 30.9 Å². The minimum atomic E-state index is 0.520. The molecule has 1 aromatic heterocycles. The van der Waals surface area contributed by atoms with Gasteiger partial charge in [0.2, 0.25) is 6.41 Å². The van der Waals surface area contributed by atoms with Crippen molar-refractivity contribution in [2.75, 3.05) is 24.5 Å². The molecule has 1 aliphatic rings. The quantitative estimate of drug-likeness (QED) is 0.467. The van der Waals surface area contributed by atoms with Crippen molar-refractivity contribution in [2.24, 2.45) is 0 Å². The zero-order chi connectivity index (χ0) is 18.1. The predicted octanol–water partition coefficient (Wildman–Crippen LogP) is 4.01. The summed E-state index contributed by atoms with van der Waals surface area (Å²) in [4.78, 5) is 20.2. The smallest absolute Gasteiger partial charge is 0.207 e. The summed E-state index contributed by atoms with van der Waals surface area (Å²) in [6.07, 6.45) is 5.40. The number of amides is 1. The summed E-state index contributed by atoms with van der Waals surface area (Å²) in [5.74, 6) is 0.951. The van der Waals surface area contributed by atoms with Crippen molar-refractivity contribution in [1.29, 1.82) is 0 Å². The van der Waals surface area contributed by atoms with Crippen LogP contribution in [0, 0.1) is 0 Å². The summed E-state index contributed by atoms with van der Waals surface area (Å²) in [6.45, 7) is 2.77. The Labute approximate surface area is 162 Å². The average molecular weight is 402 g/mol. The van der Waals surface area contributed by atoms with Gasteiger partial charge in [-0.15, -0.1) is 0 Å². The lowest BCUT2D eigenvalue weighted by Crippen LogP contribution is -2.18. The number of carbonyl (C=O) groups is 1. The first-order chi connectivity index (χ1) is 12.1. The Kier molecular flexibility index (Phi) is 8.25. The van der Waals surface area contributed by atoms with Gasteiger partial charge in [-0.05, 0) is 37.0 Å². The molecule has 0 unspecified atom stereocenters. The van der Waals surface area contributed by atoms with E-state index in [1.165, 1.54) is 19.2 Å². The van der Waals surface area contributed by atoms with E-state index in [2.05, 4.69) is 20.2 Å². The van der Waals surface area contributed by atoms with Gasteiger partial charge < -0.3 is 10.2 Å². The van der Waals surface area contributed by atoms with Crippen LogP contribution in [-0.2, 0) is 11.2 Å². The minimum Gasteiger partial charge on any atom is -0.358 e. The highest BCUT2D eigenvalue weighted by Gasteiger charge is 2.13. The number of aromatic nitrogens is 2. The van der Waals surface area contributed by atoms with Crippen molar-refractivity contribution in [1.82, 2.24) is 15.3 Å². The minimum absolute atomic E-state index is 0.520. The van der Waals surface area contributed by atoms with E-state index < -0.39 is 0 Å². The van der Waals surface area contributed by atoms with Gasteiger partial charge in [-0.25, -0.2) is 9.97 Å². The highest BCUT2D eigenvalue weighted by molar-refractivity contribution is 6.35. The molecule has 0 aliphatic carbocycles. The third-order valence-corrected chi connectivity index (χ3v) is 4.48. The first-order valence-corrected chi connectivity index (χ1v) is 9.07. The molecule has 1 aliphatic heterocycles. The first-order valence-electron chi connectivity index (χ1n) is 7.93. The molecule has 8 heteroatoms. The van der Waals surface area contributed by atoms with Crippen LogP contribution in [-0.4, -0.2) is 36.0 Å². The highest BCUT2D eigenvalue weighted by atomic mass is 35.5. The van der Waals surface area contributed by atoms with Crippen molar-refractivity contribution >= 4 is 47.0 Å². The Morgan fingerprint density at radius 1 is 1.12 bits per heavy atom. The second kappa shape index (κ2) is 10.4. The number of anilines is 1. The molecule has 1 fully saturated rings. The molecule has 134 valence electrons. The maximum absolute atomic E-state index is 9.97. The number of hydrogen-bond donors (Lipinski definition) is 1. The Morgan fingerprint density at radius 3 is 2.52 bits per heavy atom. The summed E-state index contributed by atoms with van der Waals surface area (Å²) >= 11 is 17.4. The van der Waals surface area contributed by atoms with Gasteiger partial charge in [-0.2, -0.15) is 0 Å². The zero-order valence-corrected chi connectivity index (χ0v) is 15.9. The molecule has 2 aromatic rings. The van der Waals surface area contributed by atoms with Crippen molar-refractivity contribution in [3.8, 4) is 0 Å². The Hall–Kier alpha value is -1.56. The van der Waals surface area contributed by atoms with Gasteiger partial charge in [0, 0.05) is 35.7 Å². The average Bonchev–Trinajstić information content (AvgIpc) is 3.12. The van der Waals surface area contributed by atoms with Crippen LogP contribution >= 0.6 is 34.8 Å². The van der Waals surface area contributed by atoms with Gasteiger partial charge in [0.1, 0.15) is 17.3 Å².